The van der Waals surface area contributed by atoms with E-state index < -0.39 is 0 Å². The van der Waals surface area contributed by atoms with E-state index in [2.05, 4.69) is 31.4 Å². The zero-order chi connectivity index (χ0) is 13.8. The van der Waals surface area contributed by atoms with E-state index >= 15 is 0 Å². The molecule has 1 aromatic rings. The Morgan fingerprint density at radius 3 is 2.75 bits per heavy atom. The lowest BCUT2D eigenvalue weighted by Gasteiger charge is -2.60. The molecule has 0 spiro atoms. The van der Waals surface area contributed by atoms with E-state index in [4.69, 9.17) is 0 Å². The minimum atomic E-state index is 0.111. The smallest absolute Gasteiger partial charge is 0.226 e. The maximum Gasteiger partial charge on any atom is 0.226 e. The molecule has 0 aliphatic heterocycles. The van der Waals surface area contributed by atoms with E-state index in [-0.39, 0.29) is 11.3 Å². The monoisotopic (exact) mass is 355 g/mol. The minimum Gasteiger partial charge on any atom is -0.301 e. The van der Waals surface area contributed by atoms with Crippen molar-refractivity contribution in [3.8, 4) is 0 Å². The average molecular weight is 356 g/mol. The first-order chi connectivity index (χ1) is 9.54. The number of amides is 1. The number of halogens is 1. The maximum absolute atomic E-state index is 12.3. The molecule has 20 heavy (non-hydrogen) atoms. The van der Waals surface area contributed by atoms with Crippen LogP contribution in [0.4, 0.5) is 5.13 Å². The Balaban J connectivity index is 1.49. The van der Waals surface area contributed by atoms with Crippen molar-refractivity contribution < 1.29 is 4.79 Å². The van der Waals surface area contributed by atoms with Crippen LogP contribution in [0.1, 0.15) is 44.9 Å². The maximum atomic E-state index is 12.3. The number of nitrogens with zero attached hydrogens (tertiary/aromatic N) is 2. The molecule has 4 nitrogen and oxygen atoms in total. The van der Waals surface area contributed by atoms with Crippen LogP contribution in [-0.2, 0) is 4.79 Å². The molecule has 6 heteroatoms. The highest BCUT2D eigenvalue weighted by Crippen LogP contribution is 2.65. The van der Waals surface area contributed by atoms with Crippen molar-refractivity contribution in [1.82, 2.24) is 10.2 Å². The third-order valence-electron chi connectivity index (χ3n) is 5.25. The van der Waals surface area contributed by atoms with Crippen molar-refractivity contribution in [2.45, 2.75) is 49.3 Å². The lowest BCUT2D eigenvalue weighted by atomic mass is 9.48. The van der Waals surface area contributed by atoms with Crippen LogP contribution in [0.2, 0.25) is 0 Å². The third-order valence-corrected chi connectivity index (χ3v) is 6.79. The molecule has 4 fully saturated rings. The number of rotatable bonds is 3. The van der Waals surface area contributed by atoms with Gasteiger partial charge in [-0.3, -0.25) is 4.79 Å². The Kier molecular flexibility index (Phi) is 2.97. The van der Waals surface area contributed by atoms with Gasteiger partial charge in [0.2, 0.25) is 11.0 Å². The highest BCUT2D eigenvalue weighted by atomic mass is 79.9. The van der Waals surface area contributed by atoms with Crippen LogP contribution in [-0.4, -0.2) is 20.4 Å². The topological polar surface area (TPSA) is 54.9 Å². The summed E-state index contributed by atoms with van der Waals surface area (Å²) in [6.07, 6.45) is 8.28. The van der Waals surface area contributed by atoms with Crippen molar-refractivity contribution in [1.29, 1.82) is 0 Å². The number of nitrogens with one attached hydrogen (secondary N) is 1. The molecular weight excluding hydrogens is 338 g/mol. The number of hydrogen-bond donors (Lipinski definition) is 1. The molecule has 0 saturated heterocycles. The quantitative estimate of drug-likeness (QED) is 0.842. The predicted octanol–water partition coefficient (Wildman–Crippen LogP) is 3.60. The second kappa shape index (κ2) is 4.50. The van der Waals surface area contributed by atoms with Crippen molar-refractivity contribution in [3.05, 3.63) is 5.51 Å². The van der Waals surface area contributed by atoms with Gasteiger partial charge in [-0.25, -0.2) is 0 Å². The minimum absolute atomic E-state index is 0.111. The SMILES string of the molecule is O=C(CC12C[C@H]3C[C@@H](CC(Br)(C3)C1)C2)Nc1nncs1. The summed E-state index contributed by atoms with van der Waals surface area (Å²) >= 11 is 5.37. The molecule has 1 aromatic heterocycles. The summed E-state index contributed by atoms with van der Waals surface area (Å²) in [6, 6.07) is 0. The number of carbonyl (C=O) groups excluding carboxylic acids is 1. The molecule has 0 aromatic carbocycles. The fraction of sp³-hybridized carbons (Fsp3) is 0.786. The molecule has 1 heterocycles. The van der Waals surface area contributed by atoms with Crippen molar-refractivity contribution in [3.63, 3.8) is 0 Å². The summed E-state index contributed by atoms with van der Waals surface area (Å²) in [4.78, 5) is 12.3. The first kappa shape index (κ1) is 13.2. The van der Waals surface area contributed by atoms with Gasteiger partial charge in [-0.2, -0.15) is 0 Å². The van der Waals surface area contributed by atoms with E-state index in [9.17, 15) is 4.79 Å². The first-order valence-corrected chi connectivity index (χ1v) is 8.97. The van der Waals surface area contributed by atoms with E-state index in [1.165, 1.54) is 43.4 Å². The van der Waals surface area contributed by atoms with Gasteiger partial charge in [-0.15, -0.1) is 10.2 Å². The summed E-state index contributed by atoms with van der Waals surface area (Å²) in [5, 5.41) is 11.2. The highest BCUT2D eigenvalue weighted by Gasteiger charge is 2.57. The highest BCUT2D eigenvalue weighted by molar-refractivity contribution is 9.10. The normalized spacial score (nSPS) is 41.9. The van der Waals surface area contributed by atoms with Crippen LogP contribution >= 0.6 is 27.3 Å². The zero-order valence-electron chi connectivity index (χ0n) is 11.3. The molecule has 0 radical (unpaired) electrons. The Bertz CT molecular complexity index is 519. The largest absolute Gasteiger partial charge is 0.301 e. The number of aromatic nitrogens is 2. The summed E-state index contributed by atoms with van der Waals surface area (Å²) < 4.78 is 0.320. The number of hydrogen-bond acceptors (Lipinski definition) is 4. The van der Waals surface area contributed by atoms with Gasteiger partial charge >= 0.3 is 0 Å². The van der Waals surface area contributed by atoms with Gasteiger partial charge in [0.25, 0.3) is 0 Å². The van der Waals surface area contributed by atoms with Crippen molar-refractivity contribution >= 4 is 38.3 Å². The van der Waals surface area contributed by atoms with Crippen LogP contribution in [0.3, 0.4) is 0 Å². The van der Waals surface area contributed by atoms with E-state index in [1.807, 2.05) is 0 Å². The number of carbonyl (C=O) groups is 1. The van der Waals surface area contributed by atoms with Crippen LogP contribution < -0.4 is 5.32 Å². The van der Waals surface area contributed by atoms with Crippen LogP contribution in [0.25, 0.3) is 0 Å². The predicted molar refractivity (Wildman–Crippen MR) is 81.9 cm³/mol. The van der Waals surface area contributed by atoms with E-state index in [1.54, 1.807) is 5.51 Å². The molecule has 2 atom stereocenters. The van der Waals surface area contributed by atoms with Gasteiger partial charge < -0.3 is 5.32 Å². The molecule has 5 rings (SSSR count). The van der Waals surface area contributed by atoms with Crippen LogP contribution in [0, 0.1) is 17.3 Å². The van der Waals surface area contributed by atoms with Gasteiger partial charge in [-0.05, 0) is 55.8 Å². The van der Waals surface area contributed by atoms with Gasteiger partial charge in [0.05, 0.1) is 0 Å². The molecule has 4 aliphatic carbocycles. The van der Waals surface area contributed by atoms with Gasteiger partial charge in [-0.1, -0.05) is 27.3 Å². The van der Waals surface area contributed by atoms with Gasteiger partial charge in [0.15, 0.2) is 0 Å². The van der Waals surface area contributed by atoms with Crippen LogP contribution in [0.5, 0.6) is 0 Å². The average Bonchev–Trinajstić information content (AvgIpc) is 2.76. The molecule has 1 amide bonds. The fourth-order valence-corrected chi connectivity index (χ4v) is 7.25. The third kappa shape index (κ3) is 2.30. The Morgan fingerprint density at radius 2 is 2.15 bits per heavy atom. The first-order valence-electron chi connectivity index (χ1n) is 7.29. The molecule has 4 saturated carbocycles. The molecule has 4 bridgehead atoms. The Hall–Kier alpha value is -0.490. The zero-order valence-corrected chi connectivity index (χ0v) is 13.7. The van der Waals surface area contributed by atoms with Crippen LogP contribution in [0.15, 0.2) is 5.51 Å². The second-order valence-corrected chi connectivity index (χ2v) is 9.60. The summed E-state index contributed by atoms with van der Waals surface area (Å²) in [5.41, 5.74) is 1.87. The number of anilines is 1. The summed E-state index contributed by atoms with van der Waals surface area (Å²) in [7, 11) is 0. The second-order valence-electron chi connectivity index (χ2n) is 7.08. The van der Waals surface area contributed by atoms with Crippen molar-refractivity contribution in [2.24, 2.45) is 17.3 Å². The summed E-state index contributed by atoms with van der Waals surface area (Å²) in [5.74, 6) is 1.76. The lowest BCUT2D eigenvalue weighted by Crippen LogP contribution is -2.53. The standard InChI is InChI=1S/C14H18BrN3OS/c15-14-4-9-1-10(5-14)3-13(2-9,7-14)6-11(19)17-12-18-16-8-20-12/h8-10H,1-7H2,(H,17,18,19)/t9-,10-,13?,14?/m1/s1. The molecular formula is C14H18BrN3OS. The Labute approximate surface area is 130 Å². The summed E-state index contributed by atoms with van der Waals surface area (Å²) in [6.45, 7) is 0. The van der Waals surface area contributed by atoms with E-state index in [0.29, 0.717) is 15.9 Å². The molecule has 4 aliphatic rings. The lowest BCUT2D eigenvalue weighted by molar-refractivity contribution is -0.123. The Morgan fingerprint density at radius 1 is 1.40 bits per heavy atom. The van der Waals surface area contributed by atoms with E-state index in [0.717, 1.165) is 18.3 Å². The molecule has 1 N–H and O–H groups in total. The number of alkyl halides is 1. The van der Waals surface area contributed by atoms with Gasteiger partial charge in [0.1, 0.15) is 5.51 Å². The molecule has 0 unspecified atom stereocenters. The van der Waals surface area contributed by atoms with Gasteiger partial charge in [0, 0.05) is 10.7 Å². The van der Waals surface area contributed by atoms with Crippen molar-refractivity contribution in [2.75, 3.05) is 5.32 Å². The molecule has 108 valence electrons. The fourth-order valence-electron chi connectivity index (χ4n) is 5.27.